The molecule has 10 aromatic rings. The van der Waals surface area contributed by atoms with Crippen molar-refractivity contribution in [3.05, 3.63) is 193 Å². The van der Waals surface area contributed by atoms with Gasteiger partial charge in [0.05, 0.1) is 22.1 Å². The summed E-state index contributed by atoms with van der Waals surface area (Å²) in [5.74, 6) is 0. The molecule has 0 atom stereocenters. The van der Waals surface area contributed by atoms with E-state index in [4.69, 9.17) is 0 Å². The van der Waals surface area contributed by atoms with Crippen molar-refractivity contribution in [2.24, 2.45) is 0 Å². The predicted molar refractivity (Wildman–Crippen MR) is 224 cm³/mol. The summed E-state index contributed by atoms with van der Waals surface area (Å²) in [5, 5.41) is 5.08. The average molecular weight is 677 g/mol. The Balaban J connectivity index is 1.22. The highest BCUT2D eigenvalue weighted by molar-refractivity contribution is 6.16. The molecule has 1 aliphatic carbocycles. The summed E-state index contributed by atoms with van der Waals surface area (Å²) in [7, 11) is 0. The molecular formula is C51H36N2. The van der Waals surface area contributed by atoms with Gasteiger partial charge in [0.15, 0.2) is 0 Å². The molecule has 2 nitrogen and oxygen atoms in total. The van der Waals surface area contributed by atoms with Crippen molar-refractivity contribution >= 4 is 43.6 Å². The summed E-state index contributed by atoms with van der Waals surface area (Å²) in [6.07, 6.45) is 0. The van der Waals surface area contributed by atoms with E-state index >= 15 is 0 Å². The average Bonchev–Trinajstić information content (AvgIpc) is 3.81. The van der Waals surface area contributed by atoms with Gasteiger partial charge in [0.2, 0.25) is 0 Å². The molecule has 0 bridgehead atoms. The van der Waals surface area contributed by atoms with Crippen LogP contribution in [0.5, 0.6) is 0 Å². The van der Waals surface area contributed by atoms with Crippen LogP contribution in [0.3, 0.4) is 0 Å². The highest BCUT2D eigenvalue weighted by Gasteiger charge is 2.37. The first-order valence-corrected chi connectivity index (χ1v) is 18.5. The largest absolute Gasteiger partial charge is 0.309 e. The van der Waals surface area contributed by atoms with Crippen LogP contribution in [0.25, 0.3) is 88.4 Å². The zero-order valence-electron chi connectivity index (χ0n) is 29.7. The lowest BCUT2D eigenvalue weighted by Crippen LogP contribution is -2.15. The number of aromatic nitrogens is 2. The molecule has 250 valence electrons. The lowest BCUT2D eigenvalue weighted by molar-refractivity contribution is 0.661. The zero-order chi connectivity index (χ0) is 35.3. The van der Waals surface area contributed by atoms with Gasteiger partial charge in [-0.2, -0.15) is 0 Å². The van der Waals surface area contributed by atoms with Gasteiger partial charge >= 0.3 is 0 Å². The van der Waals surface area contributed by atoms with Gasteiger partial charge in [-0.3, -0.25) is 0 Å². The second-order valence-corrected chi connectivity index (χ2v) is 14.9. The molecular weight excluding hydrogens is 641 g/mol. The monoisotopic (exact) mass is 676 g/mol. The highest BCUT2D eigenvalue weighted by Crippen LogP contribution is 2.54. The van der Waals surface area contributed by atoms with Gasteiger partial charge in [0.25, 0.3) is 0 Å². The maximum atomic E-state index is 2.49. The van der Waals surface area contributed by atoms with Crippen molar-refractivity contribution < 1.29 is 0 Å². The second-order valence-electron chi connectivity index (χ2n) is 14.9. The Morgan fingerprint density at radius 2 is 0.925 bits per heavy atom. The first-order valence-electron chi connectivity index (χ1n) is 18.5. The van der Waals surface area contributed by atoms with Crippen molar-refractivity contribution in [3.8, 4) is 44.8 Å². The molecule has 0 amide bonds. The third-order valence-corrected chi connectivity index (χ3v) is 11.7. The Bertz CT molecular complexity index is 3070. The fraction of sp³-hybridized carbons (Fsp3) is 0.0588. The van der Waals surface area contributed by atoms with Crippen molar-refractivity contribution in [2.45, 2.75) is 19.3 Å². The third kappa shape index (κ3) is 4.27. The predicted octanol–water partition coefficient (Wildman–Crippen LogP) is 13.5. The van der Waals surface area contributed by atoms with Crippen LogP contribution in [-0.2, 0) is 5.41 Å². The van der Waals surface area contributed by atoms with Gasteiger partial charge in [-0.05, 0) is 111 Å². The summed E-state index contributed by atoms with van der Waals surface area (Å²) in [4.78, 5) is 0. The molecule has 2 heteroatoms. The van der Waals surface area contributed by atoms with E-state index in [1.807, 2.05) is 0 Å². The van der Waals surface area contributed by atoms with Gasteiger partial charge in [-0.15, -0.1) is 0 Å². The van der Waals surface area contributed by atoms with E-state index in [0.717, 1.165) is 0 Å². The standard InChI is InChI=1S/C51H36N2/c1-51(2)43-24-12-9-21-39(43)49-41(33-28-29-47-42(30-33)38-20-10-13-25-45(38)52(47)35-16-5-3-6-17-35)31-34(32-44(49)51)37-23-15-27-48-50(37)40-22-11-14-26-46(40)53(48)36-18-7-4-8-19-36/h3-32H,1-2H3. The van der Waals surface area contributed by atoms with E-state index in [-0.39, 0.29) is 5.41 Å². The maximum Gasteiger partial charge on any atom is 0.0547 e. The maximum absolute atomic E-state index is 2.49. The molecule has 0 saturated heterocycles. The molecule has 0 aliphatic heterocycles. The van der Waals surface area contributed by atoms with Crippen LogP contribution in [0.4, 0.5) is 0 Å². The van der Waals surface area contributed by atoms with Crippen molar-refractivity contribution in [2.75, 3.05) is 0 Å². The summed E-state index contributed by atoms with van der Waals surface area (Å²) < 4.78 is 4.82. The quantitative estimate of drug-likeness (QED) is 0.176. The SMILES string of the molecule is CC1(C)c2ccccc2-c2c(-c3ccc4c(c3)c3ccccc3n4-c3ccccc3)cc(-c3cccc4c3c3ccccc3n4-c3ccccc3)cc21. The van der Waals surface area contributed by atoms with E-state index < -0.39 is 0 Å². The Labute approximate surface area is 308 Å². The summed E-state index contributed by atoms with van der Waals surface area (Å²) >= 11 is 0. The molecule has 0 spiro atoms. The fourth-order valence-corrected chi connectivity index (χ4v) is 9.31. The first-order chi connectivity index (χ1) is 26.1. The van der Waals surface area contributed by atoms with Crippen LogP contribution in [0.1, 0.15) is 25.0 Å². The van der Waals surface area contributed by atoms with Crippen LogP contribution in [-0.4, -0.2) is 9.13 Å². The highest BCUT2D eigenvalue weighted by atomic mass is 15.0. The van der Waals surface area contributed by atoms with Gasteiger partial charge in [-0.25, -0.2) is 0 Å². The normalized spacial score (nSPS) is 13.2. The van der Waals surface area contributed by atoms with E-state index in [9.17, 15) is 0 Å². The van der Waals surface area contributed by atoms with Gasteiger partial charge in [-0.1, -0.05) is 129 Å². The number of fused-ring (bicyclic) bond motifs is 9. The van der Waals surface area contributed by atoms with E-state index in [1.165, 1.54) is 99.5 Å². The molecule has 0 saturated carbocycles. The van der Waals surface area contributed by atoms with Crippen molar-refractivity contribution in [3.63, 3.8) is 0 Å². The van der Waals surface area contributed by atoms with Crippen LogP contribution in [0.2, 0.25) is 0 Å². The smallest absolute Gasteiger partial charge is 0.0547 e. The minimum absolute atomic E-state index is 0.157. The van der Waals surface area contributed by atoms with E-state index in [0.29, 0.717) is 0 Å². The number of hydrogen-bond acceptors (Lipinski definition) is 0. The molecule has 0 N–H and O–H groups in total. The fourth-order valence-electron chi connectivity index (χ4n) is 9.31. The Morgan fingerprint density at radius 3 is 1.68 bits per heavy atom. The van der Waals surface area contributed by atoms with Crippen molar-refractivity contribution in [1.82, 2.24) is 9.13 Å². The summed E-state index contributed by atoms with van der Waals surface area (Å²) in [5.41, 5.74) is 17.5. The molecule has 8 aromatic carbocycles. The van der Waals surface area contributed by atoms with Crippen LogP contribution < -0.4 is 0 Å². The van der Waals surface area contributed by atoms with Crippen molar-refractivity contribution in [1.29, 1.82) is 0 Å². The number of para-hydroxylation sites is 4. The van der Waals surface area contributed by atoms with Crippen LogP contribution in [0, 0.1) is 0 Å². The molecule has 0 radical (unpaired) electrons. The molecule has 0 fully saturated rings. The lowest BCUT2D eigenvalue weighted by atomic mass is 9.80. The minimum Gasteiger partial charge on any atom is -0.309 e. The first kappa shape index (κ1) is 30.0. The van der Waals surface area contributed by atoms with Gasteiger partial charge in [0.1, 0.15) is 0 Å². The number of hydrogen-bond donors (Lipinski definition) is 0. The van der Waals surface area contributed by atoms with Crippen LogP contribution in [0.15, 0.2) is 182 Å². The number of rotatable bonds is 4. The third-order valence-electron chi connectivity index (χ3n) is 11.7. The molecule has 2 aromatic heterocycles. The Kier molecular flexibility index (Phi) is 6.33. The van der Waals surface area contributed by atoms with Gasteiger partial charge in [0, 0.05) is 38.3 Å². The molecule has 0 unspecified atom stereocenters. The molecule has 2 heterocycles. The topological polar surface area (TPSA) is 9.86 Å². The zero-order valence-corrected chi connectivity index (χ0v) is 29.7. The lowest BCUT2D eigenvalue weighted by Gasteiger charge is -2.23. The minimum atomic E-state index is -0.157. The molecule has 1 aliphatic rings. The second kappa shape index (κ2) is 11.2. The Hall–Kier alpha value is -6.64. The summed E-state index contributed by atoms with van der Waals surface area (Å²) in [6, 6.07) is 67.1. The van der Waals surface area contributed by atoms with Gasteiger partial charge < -0.3 is 9.13 Å². The number of benzene rings is 8. The van der Waals surface area contributed by atoms with E-state index in [2.05, 4.69) is 205 Å². The molecule has 11 rings (SSSR count). The Morgan fingerprint density at radius 1 is 0.358 bits per heavy atom. The van der Waals surface area contributed by atoms with Crippen LogP contribution >= 0.6 is 0 Å². The molecule has 53 heavy (non-hydrogen) atoms. The summed E-state index contributed by atoms with van der Waals surface area (Å²) in [6.45, 7) is 4.79. The van der Waals surface area contributed by atoms with E-state index in [1.54, 1.807) is 0 Å². The number of nitrogens with zero attached hydrogens (tertiary/aromatic N) is 2.